The SMILES string of the molecule is CCCC(C)C(N)C1SCCSC1C. The highest BCUT2D eigenvalue weighted by Crippen LogP contribution is 2.34. The highest BCUT2D eigenvalue weighted by atomic mass is 32.2. The van der Waals surface area contributed by atoms with E-state index >= 15 is 0 Å². The first-order valence-electron chi connectivity index (χ1n) is 5.65. The second-order valence-corrected chi connectivity index (χ2v) is 7.03. The molecule has 3 heteroatoms. The summed E-state index contributed by atoms with van der Waals surface area (Å²) in [5.74, 6) is 3.27. The zero-order valence-electron chi connectivity index (χ0n) is 9.53. The smallest absolute Gasteiger partial charge is 0.0318 e. The van der Waals surface area contributed by atoms with Crippen molar-refractivity contribution in [3.05, 3.63) is 0 Å². The first-order chi connectivity index (χ1) is 6.66. The zero-order chi connectivity index (χ0) is 10.6. The summed E-state index contributed by atoms with van der Waals surface area (Å²) < 4.78 is 0. The third kappa shape index (κ3) is 3.35. The largest absolute Gasteiger partial charge is 0.326 e. The second-order valence-electron chi connectivity index (χ2n) is 4.25. The standard InChI is InChI=1S/C11H23NS2/c1-4-5-8(2)10(12)11-9(3)13-6-7-14-11/h8-11H,4-7,12H2,1-3H3. The Bertz CT molecular complexity index is 163. The third-order valence-corrected chi connectivity index (χ3v) is 6.25. The van der Waals surface area contributed by atoms with Gasteiger partial charge < -0.3 is 5.73 Å². The van der Waals surface area contributed by atoms with Crippen molar-refractivity contribution in [3.63, 3.8) is 0 Å². The topological polar surface area (TPSA) is 26.0 Å². The summed E-state index contributed by atoms with van der Waals surface area (Å²) in [6, 6.07) is 0.391. The Balaban J connectivity index is 2.44. The van der Waals surface area contributed by atoms with Crippen LogP contribution >= 0.6 is 23.5 Å². The van der Waals surface area contributed by atoms with Crippen molar-refractivity contribution < 1.29 is 0 Å². The fraction of sp³-hybridized carbons (Fsp3) is 1.00. The average molecular weight is 233 g/mol. The van der Waals surface area contributed by atoms with Crippen LogP contribution in [0.2, 0.25) is 0 Å². The van der Waals surface area contributed by atoms with Crippen LogP contribution in [0, 0.1) is 5.92 Å². The van der Waals surface area contributed by atoms with Gasteiger partial charge in [-0.2, -0.15) is 23.5 Å². The van der Waals surface area contributed by atoms with Gasteiger partial charge in [0.05, 0.1) is 0 Å². The van der Waals surface area contributed by atoms with Gasteiger partial charge in [0, 0.05) is 28.0 Å². The summed E-state index contributed by atoms with van der Waals surface area (Å²) in [5, 5.41) is 1.42. The first kappa shape index (κ1) is 12.7. The molecule has 0 aliphatic carbocycles. The molecule has 1 saturated heterocycles. The number of hydrogen-bond donors (Lipinski definition) is 1. The molecule has 84 valence electrons. The molecule has 0 aromatic heterocycles. The lowest BCUT2D eigenvalue weighted by molar-refractivity contribution is 0.409. The van der Waals surface area contributed by atoms with Crippen LogP contribution in [0.4, 0.5) is 0 Å². The minimum Gasteiger partial charge on any atom is -0.326 e. The molecule has 1 nitrogen and oxygen atoms in total. The Morgan fingerprint density at radius 3 is 2.57 bits per heavy atom. The van der Waals surface area contributed by atoms with E-state index in [1.165, 1.54) is 24.3 Å². The van der Waals surface area contributed by atoms with Gasteiger partial charge in [0.15, 0.2) is 0 Å². The van der Waals surface area contributed by atoms with E-state index in [-0.39, 0.29) is 0 Å². The van der Waals surface area contributed by atoms with Gasteiger partial charge in [-0.1, -0.05) is 27.2 Å². The van der Waals surface area contributed by atoms with Crippen LogP contribution in [0.15, 0.2) is 0 Å². The Morgan fingerprint density at radius 2 is 2.00 bits per heavy atom. The second kappa shape index (κ2) is 6.29. The highest BCUT2D eigenvalue weighted by molar-refractivity contribution is 8.07. The molecule has 0 saturated carbocycles. The highest BCUT2D eigenvalue weighted by Gasteiger charge is 2.30. The van der Waals surface area contributed by atoms with Gasteiger partial charge in [-0.15, -0.1) is 0 Å². The maximum Gasteiger partial charge on any atom is 0.0318 e. The van der Waals surface area contributed by atoms with Crippen molar-refractivity contribution in [3.8, 4) is 0 Å². The van der Waals surface area contributed by atoms with Crippen LogP contribution in [-0.2, 0) is 0 Å². The van der Waals surface area contributed by atoms with Crippen molar-refractivity contribution in [2.24, 2.45) is 11.7 Å². The minimum absolute atomic E-state index is 0.391. The van der Waals surface area contributed by atoms with Crippen molar-refractivity contribution in [2.75, 3.05) is 11.5 Å². The number of nitrogens with two attached hydrogens (primary N) is 1. The Morgan fingerprint density at radius 1 is 1.36 bits per heavy atom. The van der Waals surface area contributed by atoms with Gasteiger partial charge >= 0.3 is 0 Å². The Kier molecular flexibility index (Phi) is 5.72. The molecule has 1 aliphatic rings. The predicted molar refractivity (Wildman–Crippen MR) is 70.2 cm³/mol. The van der Waals surface area contributed by atoms with E-state index in [4.69, 9.17) is 5.73 Å². The van der Waals surface area contributed by atoms with Gasteiger partial charge in [0.2, 0.25) is 0 Å². The van der Waals surface area contributed by atoms with Crippen LogP contribution in [0.1, 0.15) is 33.6 Å². The van der Waals surface area contributed by atoms with E-state index in [0.717, 1.165) is 5.25 Å². The van der Waals surface area contributed by atoms with Gasteiger partial charge in [0.1, 0.15) is 0 Å². The van der Waals surface area contributed by atoms with E-state index in [1.807, 2.05) is 0 Å². The van der Waals surface area contributed by atoms with E-state index < -0.39 is 0 Å². The minimum atomic E-state index is 0.391. The molecule has 0 aromatic carbocycles. The molecule has 0 aromatic rings. The molecule has 0 radical (unpaired) electrons. The number of hydrogen-bond acceptors (Lipinski definition) is 3. The molecule has 1 fully saturated rings. The fourth-order valence-corrected chi connectivity index (χ4v) is 5.06. The molecule has 1 rings (SSSR count). The maximum absolute atomic E-state index is 6.33. The molecule has 0 amide bonds. The summed E-state index contributed by atoms with van der Waals surface area (Å²) in [7, 11) is 0. The molecular formula is C11H23NS2. The van der Waals surface area contributed by atoms with Crippen LogP contribution < -0.4 is 5.73 Å². The van der Waals surface area contributed by atoms with Crippen molar-refractivity contribution in [2.45, 2.75) is 50.2 Å². The normalized spacial score (nSPS) is 32.6. The molecule has 4 atom stereocenters. The molecule has 0 spiro atoms. The van der Waals surface area contributed by atoms with E-state index in [1.54, 1.807) is 0 Å². The van der Waals surface area contributed by atoms with E-state index in [9.17, 15) is 0 Å². The Hall–Kier alpha value is 0.660. The van der Waals surface area contributed by atoms with Crippen LogP contribution in [0.25, 0.3) is 0 Å². The lowest BCUT2D eigenvalue weighted by Crippen LogP contribution is -2.44. The van der Waals surface area contributed by atoms with Gasteiger partial charge in [-0.25, -0.2) is 0 Å². The lowest BCUT2D eigenvalue weighted by atomic mass is 9.94. The van der Waals surface area contributed by atoms with Crippen LogP contribution in [0.3, 0.4) is 0 Å². The fourth-order valence-electron chi connectivity index (χ4n) is 2.04. The average Bonchev–Trinajstić information content (AvgIpc) is 2.18. The summed E-state index contributed by atoms with van der Waals surface area (Å²) in [5.41, 5.74) is 6.33. The van der Waals surface area contributed by atoms with Crippen LogP contribution in [-0.4, -0.2) is 28.0 Å². The van der Waals surface area contributed by atoms with Gasteiger partial charge in [0.25, 0.3) is 0 Å². The van der Waals surface area contributed by atoms with Gasteiger partial charge in [-0.05, 0) is 12.3 Å². The molecule has 0 bridgehead atoms. The maximum atomic E-state index is 6.33. The summed E-state index contributed by atoms with van der Waals surface area (Å²) in [6.45, 7) is 6.89. The van der Waals surface area contributed by atoms with Crippen molar-refractivity contribution in [1.29, 1.82) is 0 Å². The number of rotatable bonds is 4. The predicted octanol–water partition coefficient (Wildman–Crippen LogP) is 2.99. The quantitative estimate of drug-likeness (QED) is 0.808. The zero-order valence-corrected chi connectivity index (χ0v) is 11.2. The molecule has 14 heavy (non-hydrogen) atoms. The molecule has 2 N–H and O–H groups in total. The Labute approximate surface area is 97.0 Å². The summed E-state index contributed by atoms with van der Waals surface area (Å²) in [6.07, 6.45) is 2.53. The van der Waals surface area contributed by atoms with Crippen molar-refractivity contribution >= 4 is 23.5 Å². The van der Waals surface area contributed by atoms with Crippen LogP contribution in [0.5, 0.6) is 0 Å². The number of thioether (sulfide) groups is 2. The summed E-state index contributed by atoms with van der Waals surface area (Å²) >= 11 is 4.18. The monoisotopic (exact) mass is 233 g/mol. The van der Waals surface area contributed by atoms with Crippen molar-refractivity contribution in [1.82, 2.24) is 0 Å². The lowest BCUT2D eigenvalue weighted by Gasteiger charge is -2.35. The van der Waals surface area contributed by atoms with E-state index in [0.29, 0.717) is 17.2 Å². The molecule has 1 aliphatic heterocycles. The molecular weight excluding hydrogens is 210 g/mol. The van der Waals surface area contributed by atoms with E-state index in [2.05, 4.69) is 44.3 Å². The molecule has 4 unspecified atom stereocenters. The van der Waals surface area contributed by atoms with Gasteiger partial charge in [-0.3, -0.25) is 0 Å². The summed E-state index contributed by atoms with van der Waals surface area (Å²) in [4.78, 5) is 0. The third-order valence-electron chi connectivity index (χ3n) is 3.02. The first-order valence-corrected chi connectivity index (χ1v) is 7.75. The molecule has 1 heterocycles.